The second kappa shape index (κ2) is 5.18. The maximum absolute atomic E-state index is 12.4. The maximum atomic E-state index is 12.4. The van der Waals surface area contributed by atoms with Crippen LogP contribution in [0.4, 0.5) is 5.69 Å². The van der Waals surface area contributed by atoms with Gasteiger partial charge in [0.2, 0.25) is 0 Å². The number of aromatic hydroxyl groups is 1. The Hall–Kier alpha value is -2.23. The van der Waals surface area contributed by atoms with Crippen LogP contribution in [-0.4, -0.2) is 22.6 Å². The van der Waals surface area contributed by atoms with E-state index in [0.717, 1.165) is 17.9 Å². The van der Waals surface area contributed by atoms with Crippen molar-refractivity contribution in [2.24, 2.45) is 0 Å². The van der Waals surface area contributed by atoms with Crippen LogP contribution >= 0.6 is 0 Å². The number of phenolic OH excluding ortho intramolecular Hbond substituents is 1. The highest BCUT2D eigenvalue weighted by molar-refractivity contribution is 6.06. The molecule has 2 rings (SSSR count). The summed E-state index contributed by atoms with van der Waals surface area (Å²) in [5.74, 6) is 0.147. The lowest BCUT2D eigenvalue weighted by atomic mass is 10.2. The number of anilines is 1. The smallest absolute Gasteiger partial charge is 0.259 e. The molecule has 100 valence electrons. The number of benzene rings is 1. The first kappa shape index (κ1) is 13.2. The van der Waals surface area contributed by atoms with Crippen molar-refractivity contribution in [3.05, 3.63) is 47.8 Å². The Balaban J connectivity index is 2.28. The lowest BCUT2D eigenvalue weighted by Crippen LogP contribution is -2.26. The number of hydrogen-bond donors (Lipinski definition) is 1. The highest BCUT2D eigenvalue weighted by Gasteiger charge is 2.17. The molecule has 1 aromatic carbocycles. The number of carbonyl (C=O) groups excluding carboxylic acids is 1. The number of aromatic nitrogens is 1. The van der Waals surface area contributed by atoms with E-state index in [1.807, 2.05) is 30.7 Å². The summed E-state index contributed by atoms with van der Waals surface area (Å²) in [6.45, 7) is 4.84. The van der Waals surface area contributed by atoms with Gasteiger partial charge < -0.3 is 14.6 Å². The molecule has 2 aromatic rings. The normalized spacial score (nSPS) is 10.5. The number of nitrogens with zero attached hydrogens (tertiary/aromatic N) is 2. The molecule has 4 nitrogen and oxygen atoms in total. The Kier molecular flexibility index (Phi) is 3.60. The second-order valence-electron chi connectivity index (χ2n) is 4.48. The standard InChI is InChI=1S/C15H18N2O2/c1-4-17-10-9-14(11(17)2)15(19)16(3)12-5-7-13(18)8-6-12/h5-10,18H,4H2,1-3H3. The molecule has 0 aliphatic rings. The van der Waals surface area contributed by atoms with E-state index in [4.69, 9.17) is 0 Å². The van der Waals surface area contributed by atoms with Gasteiger partial charge in [0.1, 0.15) is 5.75 Å². The highest BCUT2D eigenvalue weighted by atomic mass is 16.3. The van der Waals surface area contributed by atoms with Gasteiger partial charge in [-0.15, -0.1) is 0 Å². The van der Waals surface area contributed by atoms with Crippen LogP contribution in [0.1, 0.15) is 23.0 Å². The third-order valence-corrected chi connectivity index (χ3v) is 3.35. The predicted octanol–water partition coefficient (Wildman–Crippen LogP) is 2.80. The summed E-state index contributed by atoms with van der Waals surface area (Å²) in [7, 11) is 1.73. The molecule has 0 fully saturated rings. The molecule has 1 N–H and O–H groups in total. The molecule has 4 heteroatoms. The third-order valence-electron chi connectivity index (χ3n) is 3.35. The Morgan fingerprint density at radius 2 is 1.89 bits per heavy atom. The number of hydrogen-bond acceptors (Lipinski definition) is 2. The largest absolute Gasteiger partial charge is 0.508 e. The van der Waals surface area contributed by atoms with Gasteiger partial charge in [-0.25, -0.2) is 0 Å². The molecule has 0 bridgehead atoms. The van der Waals surface area contributed by atoms with Gasteiger partial charge in [-0.1, -0.05) is 0 Å². The summed E-state index contributed by atoms with van der Waals surface area (Å²) in [4.78, 5) is 14.0. The fraction of sp³-hybridized carbons (Fsp3) is 0.267. The maximum Gasteiger partial charge on any atom is 0.259 e. The van der Waals surface area contributed by atoms with Crippen molar-refractivity contribution >= 4 is 11.6 Å². The number of amides is 1. The zero-order valence-electron chi connectivity index (χ0n) is 11.4. The quantitative estimate of drug-likeness (QED) is 0.920. The van der Waals surface area contributed by atoms with Crippen LogP contribution in [-0.2, 0) is 6.54 Å². The van der Waals surface area contributed by atoms with Gasteiger partial charge in [0, 0.05) is 31.2 Å². The fourth-order valence-electron chi connectivity index (χ4n) is 2.09. The van der Waals surface area contributed by atoms with Crippen molar-refractivity contribution < 1.29 is 9.90 Å². The van der Waals surface area contributed by atoms with E-state index >= 15 is 0 Å². The van der Waals surface area contributed by atoms with Crippen LogP contribution in [0.3, 0.4) is 0 Å². The van der Waals surface area contributed by atoms with Gasteiger partial charge in [-0.3, -0.25) is 4.79 Å². The first-order valence-corrected chi connectivity index (χ1v) is 6.27. The third kappa shape index (κ3) is 2.47. The minimum atomic E-state index is -0.0459. The molecular formula is C15H18N2O2. The molecule has 19 heavy (non-hydrogen) atoms. The Labute approximate surface area is 112 Å². The topological polar surface area (TPSA) is 45.5 Å². The van der Waals surface area contributed by atoms with Crippen LogP contribution in [0.2, 0.25) is 0 Å². The SMILES string of the molecule is CCn1ccc(C(=O)N(C)c2ccc(O)cc2)c1C. The van der Waals surface area contributed by atoms with Gasteiger partial charge in [-0.05, 0) is 44.2 Å². The number of aryl methyl sites for hydroxylation is 1. The number of phenols is 1. The zero-order valence-corrected chi connectivity index (χ0v) is 11.4. The van der Waals surface area contributed by atoms with Crippen molar-refractivity contribution in [2.75, 3.05) is 11.9 Å². The molecule has 0 atom stereocenters. The number of rotatable bonds is 3. The molecule has 0 saturated heterocycles. The Morgan fingerprint density at radius 1 is 1.26 bits per heavy atom. The van der Waals surface area contributed by atoms with E-state index in [1.165, 1.54) is 0 Å². The zero-order chi connectivity index (χ0) is 14.0. The van der Waals surface area contributed by atoms with Crippen LogP contribution in [0.15, 0.2) is 36.5 Å². The van der Waals surface area contributed by atoms with E-state index in [-0.39, 0.29) is 11.7 Å². The van der Waals surface area contributed by atoms with Gasteiger partial charge in [0.15, 0.2) is 0 Å². The molecule has 0 radical (unpaired) electrons. The van der Waals surface area contributed by atoms with Gasteiger partial charge in [0.05, 0.1) is 5.56 Å². The summed E-state index contributed by atoms with van der Waals surface area (Å²) >= 11 is 0. The van der Waals surface area contributed by atoms with E-state index < -0.39 is 0 Å². The van der Waals surface area contributed by atoms with Gasteiger partial charge >= 0.3 is 0 Å². The lowest BCUT2D eigenvalue weighted by molar-refractivity contribution is 0.0992. The minimum Gasteiger partial charge on any atom is -0.508 e. The van der Waals surface area contributed by atoms with Crippen molar-refractivity contribution in [3.8, 4) is 5.75 Å². The first-order valence-electron chi connectivity index (χ1n) is 6.27. The summed E-state index contributed by atoms with van der Waals surface area (Å²) in [5.41, 5.74) is 2.43. The molecule has 0 aliphatic heterocycles. The van der Waals surface area contributed by atoms with Crippen molar-refractivity contribution in [3.63, 3.8) is 0 Å². The molecular weight excluding hydrogens is 240 g/mol. The summed E-state index contributed by atoms with van der Waals surface area (Å²) < 4.78 is 2.04. The average Bonchev–Trinajstić information content (AvgIpc) is 2.79. The van der Waals surface area contributed by atoms with Crippen LogP contribution < -0.4 is 4.90 Å². The molecule has 0 saturated carbocycles. The molecule has 0 unspecified atom stereocenters. The van der Waals surface area contributed by atoms with Crippen molar-refractivity contribution in [1.29, 1.82) is 0 Å². The van der Waals surface area contributed by atoms with Crippen molar-refractivity contribution in [1.82, 2.24) is 4.57 Å². The lowest BCUT2D eigenvalue weighted by Gasteiger charge is -2.17. The van der Waals surface area contributed by atoms with E-state index in [2.05, 4.69) is 0 Å². The molecule has 1 aromatic heterocycles. The fourth-order valence-corrected chi connectivity index (χ4v) is 2.09. The summed E-state index contributed by atoms with van der Waals surface area (Å²) in [6, 6.07) is 8.43. The van der Waals surface area contributed by atoms with Crippen molar-refractivity contribution in [2.45, 2.75) is 20.4 Å². The monoisotopic (exact) mass is 258 g/mol. The average molecular weight is 258 g/mol. The van der Waals surface area contributed by atoms with Gasteiger partial charge in [0.25, 0.3) is 5.91 Å². The first-order chi connectivity index (χ1) is 9.04. The molecule has 1 amide bonds. The Morgan fingerprint density at radius 3 is 2.42 bits per heavy atom. The molecule has 1 heterocycles. The minimum absolute atomic E-state index is 0.0459. The number of carbonyl (C=O) groups is 1. The van der Waals surface area contributed by atoms with E-state index in [1.54, 1.807) is 36.2 Å². The summed E-state index contributed by atoms with van der Waals surface area (Å²) in [5, 5.41) is 9.27. The Bertz CT molecular complexity index is 585. The molecule has 0 aliphatic carbocycles. The van der Waals surface area contributed by atoms with Crippen LogP contribution in [0.25, 0.3) is 0 Å². The van der Waals surface area contributed by atoms with E-state index in [0.29, 0.717) is 5.56 Å². The second-order valence-corrected chi connectivity index (χ2v) is 4.48. The van der Waals surface area contributed by atoms with Gasteiger partial charge in [-0.2, -0.15) is 0 Å². The van der Waals surface area contributed by atoms with E-state index in [9.17, 15) is 9.90 Å². The highest BCUT2D eigenvalue weighted by Crippen LogP contribution is 2.20. The van der Waals surface area contributed by atoms with Crippen LogP contribution in [0.5, 0.6) is 5.75 Å². The summed E-state index contributed by atoms with van der Waals surface area (Å²) in [6.07, 6.45) is 1.92. The predicted molar refractivity (Wildman–Crippen MR) is 75.7 cm³/mol. The van der Waals surface area contributed by atoms with Crippen LogP contribution in [0, 0.1) is 6.92 Å². The molecule has 0 spiro atoms.